The maximum atomic E-state index is 10.1. The molecule has 1 aromatic heterocycles. The first kappa shape index (κ1) is 8.25. The summed E-state index contributed by atoms with van der Waals surface area (Å²) in [4.78, 5) is 13.9. The molecule has 1 aromatic rings. The summed E-state index contributed by atoms with van der Waals surface area (Å²) >= 11 is 2.06. The third-order valence-electron chi connectivity index (χ3n) is 0.956. The van der Waals surface area contributed by atoms with Gasteiger partial charge < -0.3 is 5.11 Å². The molecule has 1 heterocycles. The van der Waals surface area contributed by atoms with Crippen LogP contribution in [0.25, 0.3) is 0 Å². The number of hydrogen-bond donors (Lipinski definition) is 2. The van der Waals surface area contributed by atoms with Gasteiger partial charge in [-0.1, -0.05) is 0 Å². The minimum Gasteiger partial charge on any atom is -0.465 e. The van der Waals surface area contributed by atoms with Gasteiger partial charge in [0.1, 0.15) is 0 Å². The van der Waals surface area contributed by atoms with E-state index in [0.717, 1.165) is 3.57 Å². The van der Waals surface area contributed by atoms with Gasteiger partial charge in [0.05, 0.1) is 11.9 Å². The van der Waals surface area contributed by atoms with E-state index in [0.29, 0.717) is 5.69 Å². The number of pyridine rings is 1. The van der Waals surface area contributed by atoms with Crippen LogP contribution in [0.5, 0.6) is 0 Å². The molecule has 11 heavy (non-hydrogen) atoms. The molecule has 0 saturated heterocycles. The lowest BCUT2D eigenvalue weighted by Crippen LogP contribution is -2.07. The normalized spacial score (nSPS) is 9.18. The topological polar surface area (TPSA) is 62.2 Å². The Hall–Kier alpha value is -0.850. The van der Waals surface area contributed by atoms with Crippen LogP contribution in [0, 0.1) is 3.57 Å². The molecule has 0 aromatic carbocycles. The molecule has 0 spiro atoms. The van der Waals surface area contributed by atoms with Gasteiger partial charge in [-0.3, -0.25) is 10.3 Å². The van der Waals surface area contributed by atoms with Gasteiger partial charge in [0.2, 0.25) is 0 Å². The predicted octanol–water partition coefficient (Wildman–Crippen LogP) is 1.78. The van der Waals surface area contributed by atoms with E-state index < -0.39 is 6.09 Å². The standard InChI is InChI=1S/C6H5IN2O2/c7-4-1-5(3-8-2-4)9-6(10)11/h1-3,9H,(H,10,11). The average molecular weight is 264 g/mol. The molecule has 0 aliphatic carbocycles. The number of halogens is 1. The van der Waals surface area contributed by atoms with Crippen LogP contribution in [0.4, 0.5) is 10.5 Å². The number of aromatic nitrogens is 1. The molecule has 2 N–H and O–H groups in total. The molecule has 0 saturated carbocycles. The number of hydrogen-bond acceptors (Lipinski definition) is 2. The van der Waals surface area contributed by atoms with Gasteiger partial charge >= 0.3 is 6.09 Å². The van der Waals surface area contributed by atoms with E-state index in [1.807, 2.05) is 0 Å². The van der Waals surface area contributed by atoms with Crippen molar-refractivity contribution in [3.05, 3.63) is 22.0 Å². The van der Waals surface area contributed by atoms with Crippen LogP contribution in [0.3, 0.4) is 0 Å². The van der Waals surface area contributed by atoms with Crippen molar-refractivity contribution in [2.24, 2.45) is 0 Å². The second-order valence-corrected chi connectivity index (χ2v) is 3.07. The highest BCUT2D eigenvalue weighted by Gasteiger charge is 1.97. The Kier molecular flexibility index (Phi) is 2.64. The maximum Gasteiger partial charge on any atom is 0.409 e. The fourth-order valence-electron chi connectivity index (χ4n) is 0.604. The summed E-state index contributed by atoms with van der Waals surface area (Å²) < 4.78 is 0.897. The van der Waals surface area contributed by atoms with E-state index in [1.165, 1.54) is 6.20 Å². The Balaban J connectivity index is 2.79. The second-order valence-electron chi connectivity index (χ2n) is 1.82. The lowest BCUT2D eigenvalue weighted by atomic mass is 10.4. The van der Waals surface area contributed by atoms with Crippen LogP contribution in [0.2, 0.25) is 0 Å². The van der Waals surface area contributed by atoms with Crippen LogP contribution in [0.15, 0.2) is 18.5 Å². The Bertz CT molecular complexity index is 277. The summed E-state index contributed by atoms with van der Waals surface area (Å²) in [5.41, 5.74) is 0.490. The zero-order valence-corrected chi connectivity index (χ0v) is 7.57. The Labute approximate surface area is 76.8 Å². The molecule has 4 nitrogen and oxygen atoms in total. The van der Waals surface area contributed by atoms with Gasteiger partial charge in [0.25, 0.3) is 0 Å². The number of carbonyl (C=O) groups is 1. The fraction of sp³-hybridized carbons (Fsp3) is 0. The number of rotatable bonds is 1. The molecular weight excluding hydrogens is 259 g/mol. The molecule has 0 aliphatic heterocycles. The monoisotopic (exact) mass is 264 g/mol. The molecule has 0 atom stereocenters. The Morgan fingerprint density at radius 1 is 1.64 bits per heavy atom. The summed E-state index contributed by atoms with van der Waals surface area (Å²) in [6, 6.07) is 1.70. The molecule has 1 rings (SSSR count). The second kappa shape index (κ2) is 3.51. The lowest BCUT2D eigenvalue weighted by Gasteiger charge is -1.98. The Morgan fingerprint density at radius 3 is 2.91 bits per heavy atom. The predicted molar refractivity (Wildman–Crippen MR) is 48.6 cm³/mol. The number of amides is 1. The zero-order valence-electron chi connectivity index (χ0n) is 5.41. The van der Waals surface area contributed by atoms with E-state index in [9.17, 15) is 4.79 Å². The first-order chi connectivity index (χ1) is 5.18. The van der Waals surface area contributed by atoms with Crippen molar-refractivity contribution in [2.45, 2.75) is 0 Å². The summed E-state index contributed by atoms with van der Waals surface area (Å²) in [5.74, 6) is 0. The molecule has 0 bridgehead atoms. The van der Waals surface area contributed by atoms with Crippen LogP contribution < -0.4 is 5.32 Å². The van der Waals surface area contributed by atoms with Gasteiger partial charge in [-0.2, -0.15) is 0 Å². The van der Waals surface area contributed by atoms with Crippen LogP contribution >= 0.6 is 22.6 Å². The summed E-state index contributed by atoms with van der Waals surface area (Å²) in [5, 5.41) is 10.5. The molecule has 0 aliphatic rings. The zero-order chi connectivity index (χ0) is 8.27. The van der Waals surface area contributed by atoms with Crippen LogP contribution in [-0.2, 0) is 0 Å². The van der Waals surface area contributed by atoms with E-state index in [-0.39, 0.29) is 0 Å². The first-order valence-corrected chi connectivity index (χ1v) is 3.87. The minimum absolute atomic E-state index is 0.490. The molecule has 58 valence electrons. The van der Waals surface area contributed by atoms with Crippen molar-refractivity contribution in [1.82, 2.24) is 4.98 Å². The maximum absolute atomic E-state index is 10.1. The van der Waals surface area contributed by atoms with E-state index in [4.69, 9.17) is 5.11 Å². The third-order valence-corrected chi connectivity index (χ3v) is 1.55. The quantitative estimate of drug-likeness (QED) is 0.760. The largest absolute Gasteiger partial charge is 0.465 e. The smallest absolute Gasteiger partial charge is 0.409 e. The SMILES string of the molecule is O=C(O)Nc1cncc(I)c1. The number of anilines is 1. The van der Waals surface area contributed by atoms with Gasteiger partial charge in [-0.15, -0.1) is 0 Å². The van der Waals surface area contributed by atoms with Gasteiger partial charge in [0.15, 0.2) is 0 Å². The summed E-state index contributed by atoms with van der Waals surface area (Å²) in [6.45, 7) is 0. The van der Waals surface area contributed by atoms with Gasteiger partial charge in [-0.05, 0) is 28.7 Å². The highest BCUT2D eigenvalue weighted by molar-refractivity contribution is 14.1. The third kappa shape index (κ3) is 2.71. The highest BCUT2D eigenvalue weighted by atomic mass is 127. The van der Waals surface area contributed by atoms with Crippen molar-refractivity contribution in [3.8, 4) is 0 Å². The van der Waals surface area contributed by atoms with Crippen molar-refractivity contribution in [1.29, 1.82) is 0 Å². The minimum atomic E-state index is -1.08. The van der Waals surface area contributed by atoms with Crippen molar-refractivity contribution >= 4 is 34.4 Å². The fourth-order valence-corrected chi connectivity index (χ4v) is 1.10. The molecule has 5 heteroatoms. The molecule has 0 unspecified atom stereocenters. The Morgan fingerprint density at radius 2 is 2.36 bits per heavy atom. The van der Waals surface area contributed by atoms with E-state index in [2.05, 4.69) is 32.9 Å². The first-order valence-electron chi connectivity index (χ1n) is 2.79. The summed E-state index contributed by atoms with van der Waals surface area (Å²) in [7, 11) is 0. The lowest BCUT2D eigenvalue weighted by molar-refractivity contribution is 0.209. The van der Waals surface area contributed by atoms with Crippen molar-refractivity contribution < 1.29 is 9.90 Å². The summed E-state index contributed by atoms with van der Waals surface area (Å²) in [6.07, 6.45) is 2.03. The molecule has 1 amide bonds. The highest BCUT2D eigenvalue weighted by Crippen LogP contribution is 2.09. The number of nitrogens with zero attached hydrogens (tertiary/aromatic N) is 1. The molecule has 0 fully saturated rings. The number of nitrogens with one attached hydrogen (secondary N) is 1. The van der Waals surface area contributed by atoms with Crippen molar-refractivity contribution in [2.75, 3.05) is 5.32 Å². The van der Waals surface area contributed by atoms with E-state index in [1.54, 1.807) is 12.3 Å². The van der Waals surface area contributed by atoms with Crippen LogP contribution in [0.1, 0.15) is 0 Å². The van der Waals surface area contributed by atoms with E-state index >= 15 is 0 Å². The van der Waals surface area contributed by atoms with Gasteiger partial charge in [-0.25, -0.2) is 4.79 Å². The van der Waals surface area contributed by atoms with Crippen molar-refractivity contribution in [3.63, 3.8) is 0 Å². The van der Waals surface area contributed by atoms with Crippen LogP contribution in [-0.4, -0.2) is 16.2 Å². The molecule has 0 radical (unpaired) electrons. The number of carboxylic acid groups (broad SMARTS) is 1. The van der Waals surface area contributed by atoms with Gasteiger partial charge in [0, 0.05) is 9.77 Å². The average Bonchev–Trinajstić information content (AvgIpc) is 1.85. The molecular formula is C6H5IN2O2.